The third-order valence-corrected chi connectivity index (χ3v) is 3.79. The number of aliphatic hydroxyl groups excluding tert-OH is 1. The Morgan fingerprint density at radius 3 is 3.00 bits per heavy atom. The van der Waals surface area contributed by atoms with Crippen LogP contribution in [0, 0.1) is 0 Å². The Hall–Kier alpha value is -0.770. The molecular formula is C14H21ClN2O. The molecule has 0 radical (unpaired) electrons. The first kappa shape index (κ1) is 13.7. The Morgan fingerprint density at radius 1 is 1.50 bits per heavy atom. The zero-order valence-corrected chi connectivity index (χ0v) is 11.6. The molecule has 1 heterocycles. The van der Waals surface area contributed by atoms with Crippen molar-refractivity contribution in [3.63, 3.8) is 0 Å². The molecule has 1 aliphatic rings. The van der Waals surface area contributed by atoms with Crippen molar-refractivity contribution in [2.45, 2.75) is 32.4 Å². The number of anilines is 1. The zero-order valence-electron chi connectivity index (χ0n) is 10.8. The van der Waals surface area contributed by atoms with Gasteiger partial charge in [0, 0.05) is 13.1 Å². The molecular weight excluding hydrogens is 248 g/mol. The minimum Gasteiger partial charge on any atom is -0.394 e. The van der Waals surface area contributed by atoms with E-state index in [1.54, 1.807) is 0 Å². The van der Waals surface area contributed by atoms with Gasteiger partial charge in [-0.25, -0.2) is 0 Å². The number of nitrogens with zero attached hydrogens (tertiary/aromatic N) is 1. The summed E-state index contributed by atoms with van der Waals surface area (Å²) in [5.41, 5.74) is 2.25. The molecule has 1 atom stereocenters. The molecule has 1 fully saturated rings. The fraction of sp³-hybridized carbons (Fsp3) is 0.571. The second-order valence-electron chi connectivity index (χ2n) is 4.74. The van der Waals surface area contributed by atoms with Crippen LogP contribution in [0.5, 0.6) is 0 Å². The molecule has 1 saturated heterocycles. The third kappa shape index (κ3) is 2.97. The molecule has 2 rings (SSSR count). The smallest absolute Gasteiger partial charge is 0.0642 e. The van der Waals surface area contributed by atoms with E-state index >= 15 is 0 Å². The van der Waals surface area contributed by atoms with E-state index in [2.05, 4.69) is 29.3 Å². The molecule has 0 aliphatic carbocycles. The topological polar surface area (TPSA) is 35.5 Å². The molecule has 18 heavy (non-hydrogen) atoms. The molecule has 1 unspecified atom stereocenters. The van der Waals surface area contributed by atoms with Crippen molar-refractivity contribution in [2.24, 2.45) is 0 Å². The van der Waals surface area contributed by atoms with Crippen molar-refractivity contribution in [3.05, 3.63) is 28.8 Å². The minimum absolute atomic E-state index is 0.204. The number of benzene rings is 1. The van der Waals surface area contributed by atoms with Crippen LogP contribution in [0.1, 0.15) is 25.3 Å². The summed E-state index contributed by atoms with van der Waals surface area (Å²) in [6.07, 6.45) is 2.17. The maximum atomic E-state index is 9.36. The van der Waals surface area contributed by atoms with Gasteiger partial charge >= 0.3 is 0 Å². The summed E-state index contributed by atoms with van der Waals surface area (Å²) in [7, 11) is 0. The standard InChI is InChI=1S/C14H21ClN2O/c1-2-16-9-11-5-6-14(13(15)8-11)17-7-3-4-12(17)10-18/h5-6,8,12,16,18H,2-4,7,9-10H2,1H3. The van der Waals surface area contributed by atoms with Crippen molar-refractivity contribution in [3.8, 4) is 0 Å². The lowest BCUT2D eigenvalue weighted by molar-refractivity contribution is 0.266. The summed E-state index contributed by atoms with van der Waals surface area (Å²) in [5.74, 6) is 0. The lowest BCUT2D eigenvalue weighted by Gasteiger charge is -2.26. The molecule has 1 aromatic rings. The van der Waals surface area contributed by atoms with Gasteiger partial charge in [0.1, 0.15) is 0 Å². The lowest BCUT2D eigenvalue weighted by atomic mass is 10.1. The molecule has 1 aromatic carbocycles. The van der Waals surface area contributed by atoms with Gasteiger partial charge in [0.2, 0.25) is 0 Å². The summed E-state index contributed by atoms with van der Waals surface area (Å²) < 4.78 is 0. The van der Waals surface area contributed by atoms with Gasteiger partial charge in [0.05, 0.1) is 23.4 Å². The van der Waals surface area contributed by atoms with Gasteiger partial charge < -0.3 is 15.3 Å². The fourth-order valence-electron chi connectivity index (χ4n) is 2.51. The molecule has 3 nitrogen and oxygen atoms in total. The van der Waals surface area contributed by atoms with E-state index in [0.717, 1.165) is 43.2 Å². The molecule has 1 aliphatic heterocycles. The highest BCUT2D eigenvalue weighted by atomic mass is 35.5. The second-order valence-corrected chi connectivity index (χ2v) is 5.15. The Bertz CT molecular complexity index is 397. The first-order valence-electron chi connectivity index (χ1n) is 6.63. The molecule has 0 spiro atoms. The Balaban J connectivity index is 2.14. The number of halogens is 1. The van der Waals surface area contributed by atoms with Gasteiger partial charge in [0.25, 0.3) is 0 Å². The maximum absolute atomic E-state index is 9.36. The Morgan fingerprint density at radius 2 is 2.33 bits per heavy atom. The van der Waals surface area contributed by atoms with E-state index in [0.29, 0.717) is 0 Å². The largest absolute Gasteiger partial charge is 0.394 e. The summed E-state index contributed by atoms with van der Waals surface area (Å²) in [4.78, 5) is 2.22. The maximum Gasteiger partial charge on any atom is 0.0642 e. The summed E-state index contributed by atoms with van der Waals surface area (Å²) in [6, 6.07) is 6.42. The second kappa shape index (κ2) is 6.41. The van der Waals surface area contributed by atoms with Crippen molar-refractivity contribution >= 4 is 17.3 Å². The highest BCUT2D eigenvalue weighted by Crippen LogP contribution is 2.32. The highest BCUT2D eigenvalue weighted by Gasteiger charge is 2.25. The van der Waals surface area contributed by atoms with E-state index in [1.165, 1.54) is 5.56 Å². The van der Waals surface area contributed by atoms with E-state index in [-0.39, 0.29) is 12.6 Å². The van der Waals surface area contributed by atoms with Gasteiger partial charge in [-0.1, -0.05) is 24.6 Å². The molecule has 0 amide bonds. The van der Waals surface area contributed by atoms with E-state index in [1.807, 2.05) is 6.07 Å². The van der Waals surface area contributed by atoms with Gasteiger partial charge in [-0.2, -0.15) is 0 Å². The monoisotopic (exact) mass is 268 g/mol. The molecule has 2 N–H and O–H groups in total. The Labute approximate surface area is 114 Å². The summed E-state index contributed by atoms with van der Waals surface area (Å²) >= 11 is 6.36. The Kier molecular flexibility index (Phi) is 4.87. The molecule has 0 aromatic heterocycles. The number of rotatable bonds is 5. The fourth-order valence-corrected chi connectivity index (χ4v) is 2.82. The van der Waals surface area contributed by atoms with Crippen LogP contribution in [-0.2, 0) is 6.54 Å². The van der Waals surface area contributed by atoms with Crippen molar-refractivity contribution in [2.75, 3.05) is 24.6 Å². The highest BCUT2D eigenvalue weighted by molar-refractivity contribution is 6.33. The van der Waals surface area contributed by atoms with Crippen LogP contribution in [-0.4, -0.2) is 30.8 Å². The quantitative estimate of drug-likeness (QED) is 0.861. The van der Waals surface area contributed by atoms with Crippen LogP contribution >= 0.6 is 11.6 Å². The average Bonchev–Trinajstić information content (AvgIpc) is 2.84. The van der Waals surface area contributed by atoms with Crippen LogP contribution in [0.15, 0.2) is 18.2 Å². The normalized spacial score (nSPS) is 19.5. The SMILES string of the molecule is CCNCc1ccc(N2CCCC2CO)c(Cl)c1. The van der Waals surface area contributed by atoms with Gasteiger partial charge in [-0.3, -0.25) is 0 Å². The number of hydrogen-bond acceptors (Lipinski definition) is 3. The lowest BCUT2D eigenvalue weighted by Crippen LogP contribution is -2.32. The van der Waals surface area contributed by atoms with Gasteiger partial charge in [0.15, 0.2) is 0 Å². The molecule has 4 heteroatoms. The molecule has 0 saturated carbocycles. The first-order valence-corrected chi connectivity index (χ1v) is 7.00. The average molecular weight is 269 g/mol. The van der Waals surface area contributed by atoms with Gasteiger partial charge in [-0.05, 0) is 37.1 Å². The first-order chi connectivity index (χ1) is 8.76. The minimum atomic E-state index is 0.204. The predicted octanol–water partition coefficient (Wildman–Crippen LogP) is 2.41. The van der Waals surface area contributed by atoms with Crippen LogP contribution in [0.25, 0.3) is 0 Å². The summed E-state index contributed by atoms with van der Waals surface area (Å²) in [5, 5.41) is 13.4. The zero-order chi connectivity index (χ0) is 13.0. The van der Waals surface area contributed by atoms with Crippen molar-refractivity contribution < 1.29 is 5.11 Å². The van der Waals surface area contributed by atoms with Crippen molar-refractivity contribution in [1.82, 2.24) is 5.32 Å². The number of nitrogens with one attached hydrogen (secondary N) is 1. The third-order valence-electron chi connectivity index (χ3n) is 3.49. The van der Waals surface area contributed by atoms with Crippen LogP contribution in [0.4, 0.5) is 5.69 Å². The van der Waals surface area contributed by atoms with Crippen LogP contribution in [0.3, 0.4) is 0 Å². The van der Waals surface area contributed by atoms with E-state index < -0.39 is 0 Å². The van der Waals surface area contributed by atoms with E-state index in [4.69, 9.17) is 11.6 Å². The van der Waals surface area contributed by atoms with Gasteiger partial charge in [-0.15, -0.1) is 0 Å². The molecule has 0 bridgehead atoms. The molecule has 100 valence electrons. The van der Waals surface area contributed by atoms with E-state index in [9.17, 15) is 5.11 Å². The predicted molar refractivity (Wildman–Crippen MR) is 76.3 cm³/mol. The number of hydrogen-bond donors (Lipinski definition) is 2. The van der Waals surface area contributed by atoms with Crippen LogP contribution < -0.4 is 10.2 Å². The van der Waals surface area contributed by atoms with Crippen LogP contribution in [0.2, 0.25) is 5.02 Å². The van der Waals surface area contributed by atoms with Crippen molar-refractivity contribution in [1.29, 1.82) is 0 Å². The summed E-state index contributed by atoms with van der Waals surface area (Å²) in [6.45, 7) is 5.08. The number of aliphatic hydroxyl groups is 1.